The van der Waals surface area contributed by atoms with E-state index in [1.54, 1.807) is 7.11 Å². The van der Waals surface area contributed by atoms with Crippen molar-refractivity contribution in [3.8, 4) is 0 Å². The predicted molar refractivity (Wildman–Crippen MR) is 68.0 cm³/mol. The SMILES string of the molecule is CN[C@@H]1CCN(C2=CN(CCOC)NC=C2)C1. The van der Waals surface area contributed by atoms with Crippen molar-refractivity contribution >= 4 is 0 Å². The Morgan fingerprint density at radius 1 is 1.59 bits per heavy atom. The Balaban J connectivity index is 1.91. The number of nitrogens with zero attached hydrogens (tertiary/aromatic N) is 2. The topological polar surface area (TPSA) is 39.8 Å². The molecular weight excluding hydrogens is 216 g/mol. The summed E-state index contributed by atoms with van der Waals surface area (Å²) in [5, 5.41) is 5.40. The average Bonchev–Trinajstić information content (AvgIpc) is 2.85. The second-order valence-electron chi connectivity index (χ2n) is 4.42. The summed E-state index contributed by atoms with van der Waals surface area (Å²) in [4.78, 5) is 2.41. The normalized spacial score (nSPS) is 23.9. The lowest BCUT2D eigenvalue weighted by molar-refractivity contribution is 0.154. The molecule has 2 aliphatic rings. The van der Waals surface area contributed by atoms with E-state index in [1.165, 1.54) is 12.1 Å². The van der Waals surface area contributed by atoms with Gasteiger partial charge in [0.05, 0.1) is 18.8 Å². The van der Waals surface area contributed by atoms with Crippen molar-refractivity contribution in [3.63, 3.8) is 0 Å². The van der Waals surface area contributed by atoms with Crippen molar-refractivity contribution in [2.24, 2.45) is 0 Å². The summed E-state index contributed by atoms with van der Waals surface area (Å²) in [5.41, 5.74) is 4.46. The van der Waals surface area contributed by atoms with Gasteiger partial charge in [0, 0.05) is 38.6 Å². The molecule has 0 aromatic carbocycles. The Labute approximate surface area is 103 Å². The summed E-state index contributed by atoms with van der Waals surface area (Å²) < 4.78 is 5.08. The Morgan fingerprint density at radius 3 is 3.18 bits per heavy atom. The molecular formula is C12H22N4O. The van der Waals surface area contributed by atoms with Crippen LogP contribution in [0, 0.1) is 0 Å². The van der Waals surface area contributed by atoms with Gasteiger partial charge in [0.2, 0.25) is 0 Å². The third-order valence-electron chi connectivity index (χ3n) is 3.28. The Hall–Kier alpha value is -1.20. The van der Waals surface area contributed by atoms with Crippen LogP contribution >= 0.6 is 0 Å². The average molecular weight is 238 g/mol. The van der Waals surface area contributed by atoms with Gasteiger partial charge >= 0.3 is 0 Å². The van der Waals surface area contributed by atoms with E-state index in [2.05, 4.69) is 32.9 Å². The highest BCUT2D eigenvalue weighted by Gasteiger charge is 2.22. The summed E-state index contributed by atoms with van der Waals surface area (Å²) in [6, 6.07) is 0.617. The van der Waals surface area contributed by atoms with Crippen LogP contribution in [-0.2, 0) is 4.74 Å². The molecule has 5 heteroatoms. The fraction of sp³-hybridized carbons (Fsp3) is 0.667. The van der Waals surface area contributed by atoms with Gasteiger partial charge in [0.1, 0.15) is 0 Å². The molecule has 17 heavy (non-hydrogen) atoms. The van der Waals surface area contributed by atoms with Crippen LogP contribution in [-0.4, -0.2) is 56.3 Å². The summed E-state index contributed by atoms with van der Waals surface area (Å²) in [7, 11) is 3.76. The van der Waals surface area contributed by atoms with E-state index < -0.39 is 0 Å². The van der Waals surface area contributed by atoms with Gasteiger partial charge in [-0.2, -0.15) is 0 Å². The molecule has 0 aromatic rings. The van der Waals surface area contributed by atoms with Crippen LogP contribution in [0.5, 0.6) is 0 Å². The first-order valence-electron chi connectivity index (χ1n) is 6.16. The number of hydrazine groups is 1. The number of methoxy groups -OCH3 is 1. The minimum atomic E-state index is 0.617. The number of hydrogen-bond acceptors (Lipinski definition) is 5. The maximum absolute atomic E-state index is 5.08. The summed E-state index contributed by atoms with van der Waals surface area (Å²) in [5.74, 6) is 0. The van der Waals surface area contributed by atoms with Crippen LogP contribution in [0.2, 0.25) is 0 Å². The molecule has 2 N–H and O–H groups in total. The molecule has 0 saturated carbocycles. The van der Waals surface area contributed by atoms with Crippen LogP contribution < -0.4 is 10.7 Å². The highest BCUT2D eigenvalue weighted by atomic mass is 16.5. The maximum atomic E-state index is 5.08. The van der Waals surface area contributed by atoms with Gasteiger partial charge in [-0.3, -0.25) is 5.01 Å². The molecule has 2 heterocycles. The summed E-state index contributed by atoms with van der Waals surface area (Å²) in [6.45, 7) is 3.79. The number of ether oxygens (including phenoxy) is 1. The molecule has 0 amide bonds. The number of hydrogen-bond donors (Lipinski definition) is 2. The molecule has 0 radical (unpaired) electrons. The maximum Gasteiger partial charge on any atom is 0.0658 e. The molecule has 0 spiro atoms. The predicted octanol–water partition coefficient (Wildman–Crippen LogP) is 0.102. The van der Waals surface area contributed by atoms with Gasteiger partial charge in [-0.25, -0.2) is 0 Å². The molecule has 1 saturated heterocycles. The van der Waals surface area contributed by atoms with E-state index in [0.717, 1.165) is 26.2 Å². The van der Waals surface area contributed by atoms with Crippen LogP contribution in [0.1, 0.15) is 6.42 Å². The van der Waals surface area contributed by atoms with Gasteiger partial charge in [-0.05, 0) is 19.5 Å². The highest BCUT2D eigenvalue weighted by Crippen LogP contribution is 2.17. The standard InChI is InChI=1S/C12H22N4O/c1-13-11-4-6-15(9-11)12-3-5-14-16(10-12)7-8-17-2/h3,5,10-11,13-14H,4,6-9H2,1-2H3/t11-/m1/s1. The molecule has 1 atom stereocenters. The Kier molecular flexibility index (Phi) is 4.28. The molecule has 0 unspecified atom stereocenters. The minimum absolute atomic E-state index is 0.617. The van der Waals surface area contributed by atoms with Crippen molar-refractivity contribution in [2.75, 3.05) is 40.4 Å². The Morgan fingerprint density at radius 2 is 2.47 bits per heavy atom. The molecule has 2 aliphatic heterocycles. The van der Waals surface area contributed by atoms with Crippen molar-refractivity contribution in [2.45, 2.75) is 12.5 Å². The van der Waals surface area contributed by atoms with Gasteiger partial charge in [0.15, 0.2) is 0 Å². The lowest BCUT2D eigenvalue weighted by Crippen LogP contribution is -2.37. The smallest absolute Gasteiger partial charge is 0.0658 e. The number of likely N-dealkylation sites (tertiary alicyclic amines) is 1. The second kappa shape index (κ2) is 5.93. The molecule has 5 nitrogen and oxygen atoms in total. The first-order chi connectivity index (χ1) is 8.33. The summed E-state index contributed by atoms with van der Waals surface area (Å²) >= 11 is 0. The number of likely N-dealkylation sites (N-methyl/N-ethyl adjacent to an activating group) is 1. The lowest BCUT2D eigenvalue weighted by atomic mass is 10.3. The number of allylic oxidation sites excluding steroid dienone is 1. The first kappa shape index (κ1) is 12.3. The van der Waals surface area contributed by atoms with E-state index in [4.69, 9.17) is 4.74 Å². The molecule has 1 fully saturated rings. The number of nitrogens with one attached hydrogen (secondary N) is 2. The van der Waals surface area contributed by atoms with Crippen molar-refractivity contribution in [1.29, 1.82) is 0 Å². The van der Waals surface area contributed by atoms with E-state index in [1.807, 2.05) is 13.2 Å². The van der Waals surface area contributed by atoms with E-state index in [-0.39, 0.29) is 0 Å². The van der Waals surface area contributed by atoms with Gasteiger partial charge in [-0.1, -0.05) is 0 Å². The molecule has 0 aromatic heterocycles. The zero-order chi connectivity index (χ0) is 12.1. The fourth-order valence-electron chi connectivity index (χ4n) is 2.19. The minimum Gasteiger partial charge on any atom is -0.383 e. The zero-order valence-electron chi connectivity index (χ0n) is 10.6. The van der Waals surface area contributed by atoms with Crippen molar-refractivity contribution in [1.82, 2.24) is 20.7 Å². The van der Waals surface area contributed by atoms with Gasteiger partial charge < -0.3 is 20.4 Å². The van der Waals surface area contributed by atoms with Gasteiger partial charge in [-0.15, -0.1) is 0 Å². The van der Waals surface area contributed by atoms with E-state index in [0.29, 0.717) is 6.04 Å². The molecule has 96 valence electrons. The molecule has 2 rings (SSSR count). The van der Waals surface area contributed by atoms with Crippen LogP contribution in [0.4, 0.5) is 0 Å². The van der Waals surface area contributed by atoms with E-state index >= 15 is 0 Å². The summed E-state index contributed by atoms with van der Waals surface area (Å²) in [6.07, 6.45) is 7.48. The molecule has 0 bridgehead atoms. The van der Waals surface area contributed by atoms with Crippen LogP contribution in [0.3, 0.4) is 0 Å². The molecule has 0 aliphatic carbocycles. The zero-order valence-corrected chi connectivity index (χ0v) is 10.6. The monoisotopic (exact) mass is 238 g/mol. The fourth-order valence-corrected chi connectivity index (χ4v) is 2.19. The lowest BCUT2D eigenvalue weighted by Gasteiger charge is -2.28. The third kappa shape index (κ3) is 3.14. The number of rotatable bonds is 5. The van der Waals surface area contributed by atoms with Crippen LogP contribution in [0.15, 0.2) is 24.2 Å². The van der Waals surface area contributed by atoms with Crippen molar-refractivity contribution in [3.05, 3.63) is 24.2 Å². The highest BCUT2D eigenvalue weighted by molar-refractivity contribution is 5.20. The van der Waals surface area contributed by atoms with Gasteiger partial charge in [0.25, 0.3) is 0 Å². The quantitative estimate of drug-likeness (QED) is 0.711. The largest absolute Gasteiger partial charge is 0.383 e. The van der Waals surface area contributed by atoms with Crippen LogP contribution in [0.25, 0.3) is 0 Å². The Bertz CT molecular complexity index is 303. The third-order valence-corrected chi connectivity index (χ3v) is 3.28. The van der Waals surface area contributed by atoms with Crippen molar-refractivity contribution < 1.29 is 4.74 Å². The van der Waals surface area contributed by atoms with E-state index in [9.17, 15) is 0 Å². The second-order valence-corrected chi connectivity index (χ2v) is 4.42. The first-order valence-corrected chi connectivity index (χ1v) is 6.16.